The minimum Gasteiger partial charge on any atom is -0.481 e. The number of fused-ring (bicyclic) bond motifs is 7. The second kappa shape index (κ2) is 12.2. The van der Waals surface area contributed by atoms with Crippen LogP contribution in [0.15, 0.2) is 35.5 Å². The molecule has 0 spiro atoms. The number of likely N-dealkylation sites (N-methyl/N-ethyl adjacent to an activating group) is 1. The van der Waals surface area contributed by atoms with E-state index in [9.17, 15) is 19.1 Å². The fourth-order valence-corrected chi connectivity index (χ4v) is 14.5. The van der Waals surface area contributed by atoms with E-state index in [4.69, 9.17) is 0 Å². The maximum atomic E-state index is 14.0. The van der Waals surface area contributed by atoms with E-state index in [2.05, 4.69) is 65.6 Å². The number of carbonyl (C=O) groups excluding carboxylic acids is 1. The van der Waals surface area contributed by atoms with Crippen LogP contribution >= 0.6 is 0 Å². The van der Waals surface area contributed by atoms with Gasteiger partial charge in [-0.05, 0) is 146 Å². The van der Waals surface area contributed by atoms with Gasteiger partial charge >= 0.3 is 12.0 Å². The lowest BCUT2D eigenvalue weighted by molar-refractivity contribution is -0.221. The van der Waals surface area contributed by atoms with E-state index in [1.54, 1.807) is 0 Å². The van der Waals surface area contributed by atoms with Gasteiger partial charge in [-0.1, -0.05) is 58.9 Å². The lowest BCUT2D eigenvalue weighted by atomic mass is 9.33. The zero-order valence-corrected chi connectivity index (χ0v) is 32.3. The van der Waals surface area contributed by atoms with Crippen LogP contribution in [0.3, 0.4) is 0 Å². The van der Waals surface area contributed by atoms with Gasteiger partial charge in [-0.15, -0.1) is 0 Å². The predicted molar refractivity (Wildman–Crippen MR) is 198 cm³/mol. The van der Waals surface area contributed by atoms with Crippen LogP contribution in [0.2, 0.25) is 0 Å². The molecule has 1 saturated heterocycles. The molecule has 4 saturated carbocycles. The van der Waals surface area contributed by atoms with E-state index in [0.29, 0.717) is 48.9 Å². The molecule has 7 aliphatic rings. The predicted octanol–water partition coefficient (Wildman–Crippen LogP) is 9.04. The molecule has 2 unspecified atom stereocenters. The van der Waals surface area contributed by atoms with E-state index in [0.717, 1.165) is 32.6 Å². The second-order valence-corrected chi connectivity index (χ2v) is 19.7. The van der Waals surface area contributed by atoms with E-state index in [-0.39, 0.29) is 33.2 Å². The molecule has 2 amide bonds. The number of nitrogens with zero attached hydrogens (tertiary/aromatic N) is 2. The molecule has 0 aromatic heterocycles. The van der Waals surface area contributed by atoms with Crippen LogP contribution in [0.5, 0.6) is 0 Å². The third-order valence-electron chi connectivity index (χ3n) is 17.5. The molecule has 278 valence electrons. The van der Waals surface area contributed by atoms with Crippen molar-refractivity contribution in [2.24, 2.45) is 56.7 Å². The van der Waals surface area contributed by atoms with E-state index >= 15 is 0 Å². The molecule has 5 fully saturated rings. The van der Waals surface area contributed by atoms with Crippen molar-refractivity contribution in [3.63, 3.8) is 0 Å². The second-order valence-electron chi connectivity index (χ2n) is 19.7. The summed E-state index contributed by atoms with van der Waals surface area (Å²) in [7, 11) is 1.91. The minimum atomic E-state index is -1.25. The Bertz CT molecular complexity index is 1490. The van der Waals surface area contributed by atoms with Crippen LogP contribution in [0.4, 0.5) is 9.18 Å². The van der Waals surface area contributed by atoms with Gasteiger partial charge in [0.05, 0.1) is 5.41 Å². The van der Waals surface area contributed by atoms with Gasteiger partial charge < -0.3 is 20.2 Å². The third kappa shape index (κ3) is 5.00. The number of halogens is 1. The highest BCUT2D eigenvalue weighted by Crippen LogP contribution is 2.76. The Labute approximate surface area is 301 Å². The van der Waals surface area contributed by atoms with Crippen molar-refractivity contribution in [3.05, 3.63) is 35.5 Å². The number of urea groups is 1. The van der Waals surface area contributed by atoms with Gasteiger partial charge in [-0.25, -0.2) is 9.18 Å². The van der Waals surface area contributed by atoms with Gasteiger partial charge in [0.25, 0.3) is 0 Å². The number of hydrogen-bond acceptors (Lipinski definition) is 3. The summed E-state index contributed by atoms with van der Waals surface area (Å²) in [5, 5.41) is 14.0. The van der Waals surface area contributed by atoms with Crippen molar-refractivity contribution in [1.29, 1.82) is 0 Å². The molecule has 6 nitrogen and oxygen atoms in total. The number of carboxylic acid groups (broad SMARTS) is 1. The largest absolute Gasteiger partial charge is 0.481 e. The average molecular weight is 692 g/mol. The SMILES string of the molecule is C=C(C)[C@H]1CC[C@]2(NCCN3CCN(C)C3=O)CC[C@]3(C)[C@H](CC[C@@H]4C5(C)CC=C(C6=CCC(CF)(C(=O)O)CC6)C(C)(C)[C@@H]5CC[C@]43C)[C@@H]12. The van der Waals surface area contributed by atoms with Crippen LogP contribution in [0.1, 0.15) is 119 Å². The molecule has 10 atom stereocenters. The van der Waals surface area contributed by atoms with Crippen LogP contribution in [-0.2, 0) is 4.79 Å². The summed E-state index contributed by atoms with van der Waals surface area (Å²) < 4.78 is 14.0. The van der Waals surface area contributed by atoms with Crippen molar-refractivity contribution >= 4 is 12.0 Å². The highest BCUT2D eigenvalue weighted by molar-refractivity contribution is 5.76. The fraction of sp³-hybridized carbons (Fsp3) is 0.814. The molecule has 2 N–H and O–H groups in total. The summed E-state index contributed by atoms with van der Waals surface area (Å²) in [5.74, 6) is 2.03. The summed E-state index contributed by atoms with van der Waals surface area (Å²) in [4.78, 5) is 28.5. The average Bonchev–Trinajstić information content (AvgIpc) is 3.61. The number of rotatable bonds is 8. The number of hydrogen-bond donors (Lipinski definition) is 2. The van der Waals surface area contributed by atoms with Crippen molar-refractivity contribution < 1.29 is 19.1 Å². The molecule has 0 aromatic carbocycles. The quantitative estimate of drug-likeness (QED) is 0.249. The van der Waals surface area contributed by atoms with Gasteiger partial charge in [0.15, 0.2) is 0 Å². The number of alkyl halides is 1. The van der Waals surface area contributed by atoms with Crippen LogP contribution in [0.25, 0.3) is 0 Å². The van der Waals surface area contributed by atoms with Gasteiger partial charge in [0.1, 0.15) is 6.67 Å². The van der Waals surface area contributed by atoms with E-state index in [1.165, 1.54) is 68.1 Å². The topological polar surface area (TPSA) is 72.9 Å². The summed E-state index contributed by atoms with van der Waals surface area (Å²) >= 11 is 0. The Hall–Kier alpha value is -2.15. The zero-order chi connectivity index (χ0) is 36.1. The molecule has 1 heterocycles. The number of allylic oxidation sites excluding steroid dienone is 5. The van der Waals surface area contributed by atoms with Gasteiger partial charge in [0.2, 0.25) is 0 Å². The molecule has 7 heteroatoms. The molecule has 1 aliphatic heterocycles. The minimum absolute atomic E-state index is 0.00940. The molecule has 0 aromatic rings. The molecule has 6 aliphatic carbocycles. The maximum absolute atomic E-state index is 14.0. The van der Waals surface area contributed by atoms with E-state index < -0.39 is 18.1 Å². The Balaban J connectivity index is 1.15. The molecule has 0 radical (unpaired) electrons. The first kappa shape index (κ1) is 36.2. The van der Waals surface area contributed by atoms with Gasteiger partial charge in [0, 0.05) is 38.8 Å². The Morgan fingerprint density at radius 2 is 1.72 bits per heavy atom. The van der Waals surface area contributed by atoms with Crippen LogP contribution in [-0.4, -0.2) is 72.3 Å². The normalized spacial score (nSPS) is 45.2. The number of carboxylic acids is 1. The Morgan fingerprint density at radius 1 is 0.960 bits per heavy atom. The molecule has 50 heavy (non-hydrogen) atoms. The van der Waals surface area contributed by atoms with Crippen molar-refractivity contribution in [1.82, 2.24) is 15.1 Å². The smallest absolute Gasteiger partial charge is 0.319 e. The molecular formula is C43H66FN3O3. The molecular weight excluding hydrogens is 625 g/mol. The number of nitrogens with one attached hydrogen (secondary N) is 1. The van der Waals surface area contributed by atoms with Crippen LogP contribution in [0, 0.1) is 56.7 Å². The highest BCUT2D eigenvalue weighted by Gasteiger charge is 2.70. The number of amides is 2. The first-order valence-corrected chi connectivity index (χ1v) is 20.1. The molecule has 0 bridgehead atoms. The third-order valence-corrected chi connectivity index (χ3v) is 17.5. The van der Waals surface area contributed by atoms with Gasteiger partial charge in [-0.2, -0.15) is 0 Å². The van der Waals surface area contributed by atoms with Crippen molar-refractivity contribution in [3.8, 4) is 0 Å². The summed E-state index contributed by atoms with van der Waals surface area (Å²) in [6.07, 6.45) is 17.0. The zero-order valence-electron chi connectivity index (χ0n) is 32.3. The highest BCUT2D eigenvalue weighted by atomic mass is 19.1. The standard InChI is InChI=1S/C43H66FN3O3/c1-28(2)30-13-20-43(45-23-24-47-26-25-46(8)37(47)50)22-21-40(6)32(35(30)43)9-10-34-39(5)16-14-31(38(3,4)33(39)15-17-41(34,40)7)29-11-18-42(27-44,19-12-29)36(48)49/h11,14,30,32-35,45H,1,9-10,12-13,15-27H2,2-8H3,(H,48,49)/t30-,32-,33+,34-,35-,39?,40-,41-,42?,43+/m1/s1. The lowest BCUT2D eigenvalue weighted by Gasteiger charge is -2.72. The van der Waals surface area contributed by atoms with Crippen LogP contribution < -0.4 is 5.32 Å². The lowest BCUT2D eigenvalue weighted by Crippen LogP contribution is -2.68. The van der Waals surface area contributed by atoms with Crippen molar-refractivity contribution in [2.75, 3.05) is 39.9 Å². The first-order valence-electron chi connectivity index (χ1n) is 20.1. The first-order chi connectivity index (χ1) is 23.5. The monoisotopic (exact) mass is 692 g/mol. The number of aliphatic carboxylic acids is 1. The fourth-order valence-electron chi connectivity index (χ4n) is 14.5. The van der Waals surface area contributed by atoms with Gasteiger partial charge in [-0.3, -0.25) is 4.79 Å². The maximum Gasteiger partial charge on any atom is 0.319 e. The van der Waals surface area contributed by atoms with E-state index in [1.807, 2.05) is 16.8 Å². The van der Waals surface area contributed by atoms with Crippen molar-refractivity contribution in [2.45, 2.75) is 124 Å². The Morgan fingerprint density at radius 3 is 2.34 bits per heavy atom. The molecule has 7 rings (SSSR count). The summed E-state index contributed by atoms with van der Waals surface area (Å²) in [6.45, 7) is 22.3. The Kier molecular flexibility index (Phi) is 8.84. The summed E-state index contributed by atoms with van der Waals surface area (Å²) in [5.41, 5.74) is 3.64. The summed E-state index contributed by atoms with van der Waals surface area (Å²) in [6, 6.07) is 0.166. The number of carbonyl (C=O) groups is 2.